The Labute approximate surface area is 171 Å². The molecule has 0 bridgehead atoms. The molecule has 2 aromatic rings. The average molecular weight is 474 g/mol. The summed E-state index contributed by atoms with van der Waals surface area (Å²) in [5.74, 6) is 2.54. The lowest BCUT2D eigenvalue weighted by molar-refractivity contribution is 0.114. The van der Waals surface area contributed by atoms with Crippen LogP contribution >= 0.6 is 24.0 Å². The van der Waals surface area contributed by atoms with E-state index in [0.29, 0.717) is 6.54 Å². The quantitative estimate of drug-likeness (QED) is 0.365. The number of aromatic nitrogens is 1. The van der Waals surface area contributed by atoms with Crippen LogP contribution in [0.1, 0.15) is 35.6 Å². The lowest BCUT2D eigenvalue weighted by Gasteiger charge is -2.15. The number of hydrogen-bond acceptors (Lipinski definition) is 5. The molecule has 0 saturated carbocycles. The van der Waals surface area contributed by atoms with Crippen LogP contribution < -0.4 is 10.6 Å². The van der Waals surface area contributed by atoms with Gasteiger partial charge in [-0.2, -0.15) is 0 Å². The van der Waals surface area contributed by atoms with Crippen LogP contribution in [-0.2, 0) is 17.7 Å². The van der Waals surface area contributed by atoms with E-state index in [1.165, 1.54) is 0 Å². The van der Waals surface area contributed by atoms with E-state index in [9.17, 15) is 0 Å². The maximum absolute atomic E-state index is 5.67. The molecule has 26 heavy (non-hydrogen) atoms. The van der Waals surface area contributed by atoms with Gasteiger partial charge in [0.2, 0.25) is 0 Å². The van der Waals surface area contributed by atoms with Crippen molar-refractivity contribution in [1.82, 2.24) is 15.8 Å². The minimum atomic E-state index is 0. The maximum Gasteiger partial charge on any atom is 0.191 e. The topological polar surface area (TPSA) is 84.8 Å². The summed E-state index contributed by atoms with van der Waals surface area (Å²) in [6.07, 6.45) is 4.98. The molecular weight excluding hydrogens is 447 g/mol. The molecule has 0 radical (unpaired) electrons. The van der Waals surface area contributed by atoms with Gasteiger partial charge in [-0.1, -0.05) is 5.16 Å². The lowest BCUT2D eigenvalue weighted by atomic mass is 10.2. The van der Waals surface area contributed by atoms with E-state index < -0.39 is 0 Å². The zero-order chi connectivity index (χ0) is 17.5. The number of guanidine groups is 1. The number of nitrogens with one attached hydrogen (secondary N) is 2. The van der Waals surface area contributed by atoms with E-state index in [2.05, 4.69) is 20.8 Å². The molecule has 2 aromatic heterocycles. The molecule has 1 saturated heterocycles. The minimum Gasteiger partial charge on any atom is -0.469 e. The first kappa shape index (κ1) is 20.8. The van der Waals surface area contributed by atoms with E-state index in [-0.39, 0.29) is 30.1 Å². The van der Waals surface area contributed by atoms with Gasteiger partial charge in [-0.3, -0.25) is 0 Å². The number of furan rings is 1. The summed E-state index contributed by atoms with van der Waals surface area (Å²) < 4.78 is 16.2. The molecule has 1 unspecified atom stereocenters. The van der Waals surface area contributed by atoms with Crippen molar-refractivity contribution in [2.24, 2.45) is 4.99 Å². The molecular formula is C18H27IN4O3. The molecule has 1 aliphatic heterocycles. The standard InChI is InChI=1S/C18H26N4O3.HI/c1-13-17(14(2)25-22-13)12-21-18(20-11-16-6-4-10-24-16)19-8-7-15-5-3-9-23-15;/h3,5,9,16H,4,6-8,10-12H2,1-2H3,(H2,19,20,21);1H. The Kier molecular flexibility index (Phi) is 8.43. The molecule has 1 fully saturated rings. The van der Waals surface area contributed by atoms with Crippen molar-refractivity contribution in [3.8, 4) is 0 Å². The van der Waals surface area contributed by atoms with E-state index in [4.69, 9.17) is 13.7 Å². The van der Waals surface area contributed by atoms with Gasteiger partial charge in [0.05, 0.1) is 24.6 Å². The van der Waals surface area contributed by atoms with Gasteiger partial charge in [-0.05, 0) is 38.8 Å². The van der Waals surface area contributed by atoms with Gasteiger partial charge in [0.1, 0.15) is 11.5 Å². The Morgan fingerprint density at radius 1 is 1.35 bits per heavy atom. The summed E-state index contributed by atoms with van der Waals surface area (Å²) in [5, 5.41) is 10.7. The SMILES string of the molecule is Cc1noc(C)c1CN=C(NCCc1ccco1)NCC1CCCO1.I. The molecule has 0 spiro atoms. The van der Waals surface area contributed by atoms with Crippen molar-refractivity contribution >= 4 is 29.9 Å². The summed E-state index contributed by atoms with van der Waals surface area (Å²) in [7, 11) is 0. The fourth-order valence-electron chi connectivity index (χ4n) is 2.83. The number of rotatable bonds is 7. The maximum atomic E-state index is 5.67. The molecule has 0 amide bonds. The molecule has 0 aromatic carbocycles. The van der Waals surface area contributed by atoms with Gasteiger partial charge in [0.25, 0.3) is 0 Å². The Bertz CT molecular complexity index is 659. The van der Waals surface area contributed by atoms with Crippen molar-refractivity contribution < 1.29 is 13.7 Å². The Balaban J connectivity index is 0.00000243. The first-order valence-electron chi connectivity index (χ1n) is 8.80. The normalized spacial score (nSPS) is 17.2. The summed E-state index contributed by atoms with van der Waals surface area (Å²) >= 11 is 0. The number of ether oxygens (including phenoxy) is 1. The number of aliphatic imine (C=N–C) groups is 1. The highest BCUT2D eigenvalue weighted by molar-refractivity contribution is 14.0. The van der Waals surface area contributed by atoms with Gasteiger partial charge in [0.15, 0.2) is 5.96 Å². The van der Waals surface area contributed by atoms with Crippen LogP contribution in [0.2, 0.25) is 0 Å². The summed E-state index contributed by atoms with van der Waals surface area (Å²) in [6, 6.07) is 3.87. The van der Waals surface area contributed by atoms with E-state index >= 15 is 0 Å². The van der Waals surface area contributed by atoms with Crippen LogP contribution in [-0.4, -0.2) is 36.9 Å². The van der Waals surface area contributed by atoms with Crippen molar-refractivity contribution in [3.63, 3.8) is 0 Å². The van der Waals surface area contributed by atoms with Gasteiger partial charge in [-0.15, -0.1) is 24.0 Å². The molecule has 2 N–H and O–H groups in total. The molecule has 3 heterocycles. The molecule has 8 heteroatoms. The molecule has 1 aliphatic rings. The number of hydrogen-bond donors (Lipinski definition) is 2. The Hall–Kier alpha value is -1.55. The van der Waals surface area contributed by atoms with Gasteiger partial charge in [-0.25, -0.2) is 4.99 Å². The number of halogens is 1. The second-order valence-electron chi connectivity index (χ2n) is 6.24. The molecule has 7 nitrogen and oxygen atoms in total. The van der Waals surface area contributed by atoms with Crippen LogP contribution in [0.3, 0.4) is 0 Å². The van der Waals surface area contributed by atoms with Gasteiger partial charge >= 0.3 is 0 Å². The van der Waals surface area contributed by atoms with Crippen LogP contribution in [0.15, 0.2) is 32.3 Å². The first-order valence-corrected chi connectivity index (χ1v) is 8.80. The van der Waals surface area contributed by atoms with Gasteiger partial charge in [0, 0.05) is 31.7 Å². The first-order chi connectivity index (χ1) is 12.2. The van der Waals surface area contributed by atoms with Crippen molar-refractivity contribution in [2.45, 2.75) is 45.8 Å². The van der Waals surface area contributed by atoms with E-state index in [1.54, 1.807) is 6.26 Å². The van der Waals surface area contributed by atoms with Crippen molar-refractivity contribution in [1.29, 1.82) is 0 Å². The summed E-state index contributed by atoms with van der Waals surface area (Å²) in [6.45, 7) is 6.73. The van der Waals surface area contributed by atoms with Crippen LogP contribution in [0.4, 0.5) is 0 Å². The highest BCUT2D eigenvalue weighted by Gasteiger charge is 2.16. The molecule has 1 atom stereocenters. The van der Waals surface area contributed by atoms with Gasteiger partial charge < -0.3 is 24.3 Å². The highest BCUT2D eigenvalue weighted by atomic mass is 127. The monoisotopic (exact) mass is 474 g/mol. The summed E-state index contributed by atoms with van der Waals surface area (Å²) in [4.78, 5) is 4.68. The largest absolute Gasteiger partial charge is 0.469 e. The summed E-state index contributed by atoms with van der Waals surface area (Å²) in [5.41, 5.74) is 1.92. The van der Waals surface area contributed by atoms with Crippen LogP contribution in [0.5, 0.6) is 0 Å². The number of aryl methyl sites for hydroxylation is 2. The lowest BCUT2D eigenvalue weighted by Crippen LogP contribution is -2.41. The van der Waals surface area contributed by atoms with Crippen LogP contribution in [0.25, 0.3) is 0 Å². The zero-order valence-corrected chi connectivity index (χ0v) is 17.6. The fraction of sp³-hybridized carbons (Fsp3) is 0.556. The predicted molar refractivity (Wildman–Crippen MR) is 110 cm³/mol. The fourth-order valence-corrected chi connectivity index (χ4v) is 2.83. The van der Waals surface area contributed by atoms with E-state index in [1.807, 2.05) is 26.0 Å². The predicted octanol–water partition coefficient (Wildman–Crippen LogP) is 2.96. The number of nitrogens with zero attached hydrogens (tertiary/aromatic N) is 2. The molecule has 0 aliphatic carbocycles. The third kappa shape index (κ3) is 6.01. The second kappa shape index (κ2) is 10.6. The molecule has 144 valence electrons. The van der Waals surface area contributed by atoms with E-state index in [0.717, 1.165) is 67.7 Å². The average Bonchev–Trinajstić information content (AvgIpc) is 3.35. The van der Waals surface area contributed by atoms with Crippen LogP contribution in [0, 0.1) is 13.8 Å². The Morgan fingerprint density at radius 2 is 2.23 bits per heavy atom. The smallest absolute Gasteiger partial charge is 0.191 e. The Morgan fingerprint density at radius 3 is 2.88 bits per heavy atom. The third-order valence-corrected chi connectivity index (χ3v) is 4.34. The third-order valence-electron chi connectivity index (χ3n) is 4.34. The second-order valence-corrected chi connectivity index (χ2v) is 6.24. The van der Waals surface area contributed by atoms with Crippen molar-refractivity contribution in [3.05, 3.63) is 41.2 Å². The zero-order valence-electron chi connectivity index (χ0n) is 15.3. The molecule has 3 rings (SSSR count). The highest BCUT2D eigenvalue weighted by Crippen LogP contribution is 2.13. The minimum absolute atomic E-state index is 0. The van der Waals surface area contributed by atoms with Crippen molar-refractivity contribution in [2.75, 3.05) is 19.7 Å².